The molecular formula is C35H35N5O3. The van der Waals surface area contributed by atoms with Crippen LogP contribution in [0.3, 0.4) is 0 Å². The van der Waals surface area contributed by atoms with Gasteiger partial charge in [-0.25, -0.2) is 14.3 Å². The highest BCUT2D eigenvalue weighted by molar-refractivity contribution is 5.93. The lowest BCUT2D eigenvalue weighted by molar-refractivity contribution is 0.0377. The van der Waals surface area contributed by atoms with E-state index in [2.05, 4.69) is 47.8 Å². The summed E-state index contributed by atoms with van der Waals surface area (Å²) in [4.78, 5) is 29.2. The van der Waals surface area contributed by atoms with Gasteiger partial charge in [0.2, 0.25) is 5.91 Å². The lowest BCUT2D eigenvalue weighted by atomic mass is 9.71. The number of ether oxygens (including phenoxy) is 1. The van der Waals surface area contributed by atoms with Crippen LogP contribution in [0.5, 0.6) is 0 Å². The minimum atomic E-state index is -0.564. The van der Waals surface area contributed by atoms with Crippen molar-refractivity contribution in [3.8, 4) is 33.6 Å². The number of nitrogens with two attached hydrogens (primary N) is 1. The molecule has 2 amide bonds. The van der Waals surface area contributed by atoms with Crippen LogP contribution in [0.2, 0.25) is 0 Å². The number of carbonyl (C=O) groups excluding carboxylic acids is 2. The molecule has 3 aromatic carbocycles. The predicted molar refractivity (Wildman–Crippen MR) is 167 cm³/mol. The highest BCUT2D eigenvalue weighted by Gasteiger charge is 2.41. The topological polar surface area (TPSA) is 112 Å². The number of carbonyl (C=O) groups is 2. The van der Waals surface area contributed by atoms with Crippen molar-refractivity contribution in [3.05, 3.63) is 102 Å². The fourth-order valence-corrected chi connectivity index (χ4v) is 5.72. The van der Waals surface area contributed by atoms with Gasteiger partial charge in [0.25, 0.3) is 0 Å². The smallest absolute Gasteiger partial charge is 0.408 e. The normalized spacial score (nSPS) is 14.2. The van der Waals surface area contributed by atoms with E-state index in [0.29, 0.717) is 5.56 Å². The van der Waals surface area contributed by atoms with E-state index in [9.17, 15) is 9.59 Å². The fourth-order valence-electron chi connectivity index (χ4n) is 5.72. The number of amides is 2. The molecule has 1 aliphatic carbocycles. The molecule has 0 aliphatic heterocycles. The second-order valence-corrected chi connectivity index (χ2v) is 12.2. The first-order chi connectivity index (χ1) is 20.5. The van der Waals surface area contributed by atoms with E-state index in [1.807, 2.05) is 62.5 Å². The SMILES string of the molecule is Cc1nc2cc(-c3ccccc3)c(-c3ccc(C4(NC(=O)OC(C)(C)C)CCC4)cc3)nn2c1-c1ccc(C(N)=O)cc1. The van der Waals surface area contributed by atoms with Crippen LogP contribution >= 0.6 is 0 Å². The van der Waals surface area contributed by atoms with Gasteiger partial charge in [-0.1, -0.05) is 66.7 Å². The molecule has 3 N–H and O–H groups in total. The average Bonchev–Trinajstić information content (AvgIpc) is 3.28. The summed E-state index contributed by atoms with van der Waals surface area (Å²) in [7, 11) is 0. The van der Waals surface area contributed by atoms with Gasteiger partial charge in [0.15, 0.2) is 5.65 Å². The number of imidazole rings is 1. The number of nitrogens with one attached hydrogen (secondary N) is 1. The lowest BCUT2D eigenvalue weighted by Gasteiger charge is -2.43. The van der Waals surface area contributed by atoms with Gasteiger partial charge in [-0.05, 0) is 76.3 Å². The standard InChI is InChI=1S/C35H35N5O3/c1-22-31(25-11-13-26(14-12-25)32(36)41)40-29(37-22)21-28(23-9-6-5-7-10-23)30(39-40)24-15-17-27(18-16-24)35(19-8-20-35)38-33(42)43-34(2,3)4/h5-7,9-18,21H,8,19-20H2,1-4H3,(H2,36,41)(H,38,42). The molecule has 0 spiro atoms. The Labute approximate surface area is 250 Å². The van der Waals surface area contributed by atoms with Crippen molar-refractivity contribution in [1.29, 1.82) is 0 Å². The zero-order valence-corrected chi connectivity index (χ0v) is 24.8. The monoisotopic (exact) mass is 573 g/mol. The summed E-state index contributed by atoms with van der Waals surface area (Å²) >= 11 is 0. The number of hydrogen-bond donors (Lipinski definition) is 2. The minimum Gasteiger partial charge on any atom is -0.444 e. The van der Waals surface area contributed by atoms with Gasteiger partial charge >= 0.3 is 6.09 Å². The van der Waals surface area contributed by atoms with Crippen LogP contribution in [0.1, 0.15) is 61.6 Å². The number of alkyl carbamates (subject to hydrolysis) is 1. The van der Waals surface area contributed by atoms with Crippen LogP contribution in [0.4, 0.5) is 4.79 Å². The van der Waals surface area contributed by atoms with Crippen LogP contribution in [-0.4, -0.2) is 32.2 Å². The number of fused-ring (bicyclic) bond motifs is 1. The van der Waals surface area contributed by atoms with Crippen LogP contribution in [0, 0.1) is 6.92 Å². The quantitative estimate of drug-likeness (QED) is 0.226. The van der Waals surface area contributed by atoms with Crippen molar-refractivity contribution < 1.29 is 14.3 Å². The third kappa shape index (κ3) is 5.48. The molecule has 43 heavy (non-hydrogen) atoms. The van der Waals surface area contributed by atoms with Gasteiger partial charge in [0.05, 0.1) is 22.6 Å². The Morgan fingerprint density at radius 3 is 2.14 bits per heavy atom. The van der Waals surface area contributed by atoms with Crippen molar-refractivity contribution in [3.63, 3.8) is 0 Å². The summed E-state index contributed by atoms with van der Waals surface area (Å²) in [5.41, 5.74) is 13.0. The maximum absolute atomic E-state index is 12.7. The van der Waals surface area contributed by atoms with E-state index in [0.717, 1.165) is 69.8 Å². The van der Waals surface area contributed by atoms with Gasteiger partial charge in [-0.2, -0.15) is 5.10 Å². The second-order valence-electron chi connectivity index (χ2n) is 12.2. The summed E-state index contributed by atoms with van der Waals surface area (Å²) in [6.07, 6.45) is 2.35. The number of aryl methyl sites for hydroxylation is 1. The predicted octanol–water partition coefficient (Wildman–Crippen LogP) is 7.04. The van der Waals surface area contributed by atoms with Gasteiger partial charge in [0, 0.05) is 22.3 Å². The zero-order chi connectivity index (χ0) is 30.4. The van der Waals surface area contributed by atoms with Crippen LogP contribution in [0.25, 0.3) is 39.3 Å². The first kappa shape index (κ1) is 28.2. The molecule has 1 aliphatic rings. The van der Waals surface area contributed by atoms with E-state index < -0.39 is 23.1 Å². The maximum Gasteiger partial charge on any atom is 0.408 e. The minimum absolute atomic E-state index is 0.401. The number of hydrogen-bond acceptors (Lipinski definition) is 5. The van der Waals surface area contributed by atoms with Crippen molar-refractivity contribution in [1.82, 2.24) is 19.9 Å². The Hall–Kier alpha value is -4.98. The van der Waals surface area contributed by atoms with Gasteiger partial charge < -0.3 is 15.8 Å². The molecule has 5 aromatic rings. The number of primary amides is 1. The molecular weight excluding hydrogens is 538 g/mol. The maximum atomic E-state index is 12.7. The molecule has 218 valence electrons. The molecule has 8 nitrogen and oxygen atoms in total. The molecule has 0 bridgehead atoms. The largest absolute Gasteiger partial charge is 0.444 e. The van der Waals surface area contributed by atoms with Gasteiger partial charge in [0.1, 0.15) is 5.60 Å². The summed E-state index contributed by atoms with van der Waals surface area (Å²) in [5, 5.41) is 8.31. The molecule has 2 aromatic heterocycles. The fraction of sp³-hybridized carbons (Fsp3) is 0.257. The second kappa shape index (κ2) is 10.7. The highest BCUT2D eigenvalue weighted by Crippen LogP contribution is 2.42. The molecule has 6 rings (SSSR count). The van der Waals surface area contributed by atoms with Crippen LogP contribution in [0.15, 0.2) is 84.9 Å². The van der Waals surface area contributed by atoms with Crippen molar-refractivity contribution in [2.45, 2.75) is 58.1 Å². The molecule has 0 unspecified atom stereocenters. The van der Waals surface area contributed by atoms with Crippen molar-refractivity contribution in [2.24, 2.45) is 5.73 Å². The Kier molecular flexibility index (Phi) is 7.00. The first-order valence-corrected chi connectivity index (χ1v) is 14.5. The summed E-state index contributed by atoms with van der Waals surface area (Å²) < 4.78 is 7.43. The Morgan fingerprint density at radius 1 is 0.907 bits per heavy atom. The van der Waals surface area contributed by atoms with Crippen molar-refractivity contribution >= 4 is 17.6 Å². The molecule has 0 atom stereocenters. The lowest BCUT2D eigenvalue weighted by Crippen LogP contribution is -2.52. The summed E-state index contributed by atoms with van der Waals surface area (Å²) in [5.74, 6) is -0.470. The molecule has 1 saturated carbocycles. The number of aromatic nitrogens is 3. The first-order valence-electron chi connectivity index (χ1n) is 14.5. The zero-order valence-electron chi connectivity index (χ0n) is 24.8. The molecule has 0 saturated heterocycles. The molecule has 8 heteroatoms. The van der Waals surface area contributed by atoms with E-state index in [1.54, 1.807) is 12.1 Å². The number of nitrogens with zero attached hydrogens (tertiary/aromatic N) is 3. The van der Waals surface area contributed by atoms with E-state index in [-0.39, 0.29) is 0 Å². The van der Waals surface area contributed by atoms with E-state index in [4.69, 9.17) is 20.6 Å². The Morgan fingerprint density at radius 2 is 1.56 bits per heavy atom. The van der Waals surface area contributed by atoms with Crippen molar-refractivity contribution in [2.75, 3.05) is 0 Å². The highest BCUT2D eigenvalue weighted by atomic mass is 16.6. The summed E-state index contributed by atoms with van der Waals surface area (Å²) in [6.45, 7) is 7.56. The number of benzene rings is 3. The van der Waals surface area contributed by atoms with E-state index in [1.165, 1.54) is 0 Å². The summed E-state index contributed by atoms with van der Waals surface area (Å²) in [6, 6.07) is 27.7. The Bertz CT molecular complexity index is 1810. The Balaban J connectivity index is 1.43. The number of rotatable bonds is 6. The third-order valence-corrected chi connectivity index (χ3v) is 7.97. The van der Waals surface area contributed by atoms with Crippen LogP contribution in [-0.2, 0) is 10.3 Å². The van der Waals surface area contributed by atoms with Gasteiger partial charge in [-0.3, -0.25) is 4.79 Å². The average molecular weight is 574 g/mol. The van der Waals surface area contributed by atoms with Gasteiger partial charge in [-0.15, -0.1) is 0 Å². The van der Waals surface area contributed by atoms with E-state index >= 15 is 0 Å². The molecule has 2 heterocycles. The molecule has 1 fully saturated rings. The van der Waals surface area contributed by atoms with Crippen LogP contribution < -0.4 is 11.1 Å². The molecule has 0 radical (unpaired) electrons. The third-order valence-electron chi connectivity index (χ3n) is 7.97.